The number of ether oxygens (including phenoxy) is 2. The lowest BCUT2D eigenvalue weighted by Crippen LogP contribution is -2.25. The van der Waals surface area contributed by atoms with Crippen LogP contribution in [0.1, 0.15) is 155 Å². The van der Waals surface area contributed by atoms with Crippen LogP contribution in [0.5, 0.6) is 0 Å². The van der Waals surface area contributed by atoms with E-state index in [1.165, 1.54) is 57.8 Å². The highest BCUT2D eigenvalue weighted by molar-refractivity contribution is 5.69. The molecule has 0 aromatic rings. The number of rotatable bonds is 32. The van der Waals surface area contributed by atoms with E-state index in [1.54, 1.807) is 0 Å². The van der Waals surface area contributed by atoms with Crippen LogP contribution in [-0.2, 0) is 19.1 Å². The second kappa shape index (κ2) is 36.8. The number of aliphatic hydroxyl groups is 1. The van der Waals surface area contributed by atoms with Gasteiger partial charge in [-0.1, -0.05) is 138 Å². The van der Waals surface area contributed by atoms with Gasteiger partial charge in [0.05, 0.1) is 0 Å². The molecular formula is C41H68O5. The van der Waals surface area contributed by atoms with E-state index in [0.29, 0.717) is 19.3 Å². The zero-order chi connectivity index (χ0) is 33.6. The zero-order valence-electron chi connectivity index (χ0n) is 29.6. The van der Waals surface area contributed by atoms with Gasteiger partial charge in [-0.05, 0) is 77.0 Å². The second-order valence-electron chi connectivity index (χ2n) is 12.0. The van der Waals surface area contributed by atoms with Crippen LogP contribution in [0.4, 0.5) is 0 Å². The molecule has 0 aliphatic heterocycles. The summed E-state index contributed by atoms with van der Waals surface area (Å²) in [6.07, 6.45) is 48.1. The summed E-state index contributed by atoms with van der Waals surface area (Å²) in [5.41, 5.74) is 0. The topological polar surface area (TPSA) is 72.8 Å². The van der Waals surface area contributed by atoms with Crippen molar-refractivity contribution in [1.82, 2.24) is 0 Å². The number of hydrogen-bond donors (Lipinski definition) is 1. The Labute approximate surface area is 283 Å². The van der Waals surface area contributed by atoms with Crippen molar-refractivity contribution in [3.63, 3.8) is 0 Å². The fourth-order valence-corrected chi connectivity index (χ4v) is 4.64. The van der Waals surface area contributed by atoms with Crippen molar-refractivity contribution in [1.29, 1.82) is 0 Å². The van der Waals surface area contributed by atoms with Crippen molar-refractivity contribution < 1.29 is 24.2 Å². The highest BCUT2D eigenvalue weighted by Gasteiger charge is 2.11. The van der Waals surface area contributed by atoms with E-state index in [4.69, 9.17) is 9.47 Å². The van der Waals surface area contributed by atoms with E-state index < -0.39 is 6.10 Å². The van der Waals surface area contributed by atoms with Crippen LogP contribution in [0.3, 0.4) is 0 Å². The number of allylic oxidation sites excluding steroid dienone is 12. The average Bonchev–Trinajstić information content (AvgIpc) is 3.06. The molecule has 0 bridgehead atoms. The molecule has 5 heteroatoms. The summed E-state index contributed by atoms with van der Waals surface area (Å²) < 4.78 is 10.3. The Morgan fingerprint density at radius 3 is 1.35 bits per heavy atom. The van der Waals surface area contributed by atoms with Gasteiger partial charge in [0, 0.05) is 12.8 Å². The monoisotopic (exact) mass is 641 g/mol. The fourth-order valence-electron chi connectivity index (χ4n) is 4.64. The minimum absolute atomic E-state index is 0.142. The van der Waals surface area contributed by atoms with Gasteiger partial charge in [0.2, 0.25) is 0 Å². The van der Waals surface area contributed by atoms with Gasteiger partial charge in [0.1, 0.15) is 19.3 Å². The molecule has 0 rings (SSSR count). The molecule has 0 saturated heterocycles. The lowest BCUT2D eigenvalue weighted by atomic mass is 10.1. The zero-order valence-corrected chi connectivity index (χ0v) is 29.6. The minimum atomic E-state index is -0.993. The molecule has 0 amide bonds. The lowest BCUT2D eigenvalue weighted by Gasteiger charge is -2.12. The highest BCUT2D eigenvalue weighted by atomic mass is 16.6. The van der Waals surface area contributed by atoms with Gasteiger partial charge < -0.3 is 14.6 Å². The molecule has 0 unspecified atom stereocenters. The van der Waals surface area contributed by atoms with Crippen molar-refractivity contribution in [2.75, 3.05) is 13.2 Å². The summed E-state index contributed by atoms with van der Waals surface area (Å²) in [5, 5.41) is 9.98. The third-order valence-electron chi connectivity index (χ3n) is 7.43. The molecule has 0 saturated carbocycles. The van der Waals surface area contributed by atoms with Crippen molar-refractivity contribution in [3.8, 4) is 0 Å². The van der Waals surface area contributed by atoms with Crippen LogP contribution in [-0.4, -0.2) is 36.4 Å². The van der Waals surface area contributed by atoms with Gasteiger partial charge in [-0.15, -0.1) is 0 Å². The number of carbonyl (C=O) groups excluding carboxylic acids is 2. The maximum absolute atomic E-state index is 11.9. The summed E-state index contributed by atoms with van der Waals surface area (Å²) in [6.45, 7) is 4.11. The maximum Gasteiger partial charge on any atom is 0.305 e. The Bertz CT molecular complexity index is 864. The molecule has 5 nitrogen and oxygen atoms in total. The normalized spacial score (nSPS) is 13.0. The number of hydrogen-bond acceptors (Lipinski definition) is 5. The van der Waals surface area contributed by atoms with Crippen LogP contribution in [0.15, 0.2) is 72.9 Å². The van der Waals surface area contributed by atoms with Crippen molar-refractivity contribution in [3.05, 3.63) is 72.9 Å². The molecule has 46 heavy (non-hydrogen) atoms. The van der Waals surface area contributed by atoms with E-state index in [0.717, 1.165) is 64.2 Å². The molecule has 1 N–H and O–H groups in total. The summed E-state index contributed by atoms with van der Waals surface area (Å²) >= 11 is 0. The van der Waals surface area contributed by atoms with Gasteiger partial charge in [-0.2, -0.15) is 0 Å². The first kappa shape index (κ1) is 43.3. The van der Waals surface area contributed by atoms with Gasteiger partial charge in [0.15, 0.2) is 0 Å². The number of esters is 2. The van der Waals surface area contributed by atoms with Crippen LogP contribution in [0, 0.1) is 0 Å². The van der Waals surface area contributed by atoms with Crippen LogP contribution in [0.2, 0.25) is 0 Å². The predicted molar refractivity (Wildman–Crippen MR) is 196 cm³/mol. The number of carbonyl (C=O) groups is 2. The van der Waals surface area contributed by atoms with E-state index in [1.807, 2.05) is 0 Å². The van der Waals surface area contributed by atoms with Crippen molar-refractivity contribution in [2.45, 2.75) is 161 Å². The summed E-state index contributed by atoms with van der Waals surface area (Å²) in [4.78, 5) is 23.9. The first-order valence-electron chi connectivity index (χ1n) is 18.5. The molecular weight excluding hydrogens is 572 g/mol. The lowest BCUT2D eigenvalue weighted by molar-refractivity contribution is -0.152. The quantitative estimate of drug-likeness (QED) is 0.0450. The Morgan fingerprint density at radius 2 is 0.848 bits per heavy atom. The minimum Gasteiger partial charge on any atom is -0.463 e. The van der Waals surface area contributed by atoms with Crippen LogP contribution >= 0.6 is 0 Å². The second-order valence-corrected chi connectivity index (χ2v) is 12.0. The standard InChI is InChI=1S/C41H68O5/c1-3-5-7-9-11-13-15-17-19-20-22-24-26-28-30-32-34-36-41(44)46-38-39(42)37-45-40(43)35-33-31-29-27-25-23-21-18-16-14-12-10-8-6-4-2/h5,7,11,13,17-19,21-22,24,28,30,39,42H,3-4,6,8-10,12,14-16,20,23,25-27,29,31-38H2,1-2H3/b7-5-,13-11-,19-17-,21-18-,24-22-,30-28-/t39-/m1/s1. The molecule has 1 atom stereocenters. The van der Waals surface area contributed by atoms with Crippen molar-refractivity contribution in [2.24, 2.45) is 0 Å². The molecule has 262 valence electrons. The van der Waals surface area contributed by atoms with E-state index in [9.17, 15) is 14.7 Å². The molecule has 0 spiro atoms. The van der Waals surface area contributed by atoms with Crippen LogP contribution < -0.4 is 0 Å². The molecule has 0 radical (unpaired) electrons. The number of unbranched alkanes of at least 4 members (excludes halogenated alkanes) is 12. The van der Waals surface area contributed by atoms with E-state index in [2.05, 4.69) is 86.8 Å². The van der Waals surface area contributed by atoms with Gasteiger partial charge in [0.25, 0.3) is 0 Å². The maximum atomic E-state index is 11.9. The molecule has 0 aliphatic rings. The summed E-state index contributed by atoms with van der Waals surface area (Å²) in [7, 11) is 0. The molecule has 0 aromatic heterocycles. The Morgan fingerprint density at radius 1 is 0.478 bits per heavy atom. The van der Waals surface area contributed by atoms with Crippen LogP contribution in [0.25, 0.3) is 0 Å². The average molecular weight is 641 g/mol. The third kappa shape index (κ3) is 35.8. The van der Waals surface area contributed by atoms with Gasteiger partial charge >= 0.3 is 11.9 Å². The summed E-state index contributed by atoms with van der Waals surface area (Å²) in [6, 6.07) is 0. The fraction of sp³-hybridized carbons (Fsp3) is 0.659. The Kier molecular flexibility index (Phi) is 34.7. The van der Waals surface area contributed by atoms with Crippen molar-refractivity contribution >= 4 is 11.9 Å². The Hall–Kier alpha value is -2.66. The molecule has 0 aromatic carbocycles. The highest BCUT2D eigenvalue weighted by Crippen LogP contribution is 2.10. The van der Waals surface area contributed by atoms with E-state index in [-0.39, 0.29) is 25.2 Å². The first-order chi connectivity index (χ1) is 22.6. The smallest absolute Gasteiger partial charge is 0.305 e. The summed E-state index contributed by atoms with van der Waals surface area (Å²) in [5.74, 6) is -0.647. The molecule has 0 heterocycles. The predicted octanol–water partition coefficient (Wildman–Crippen LogP) is 11.4. The first-order valence-corrected chi connectivity index (χ1v) is 18.5. The van der Waals surface area contributed by atoms with Gasteiger partial charge in [-0.3, -0.25) is 9.59 Å². The molecule has 0 fully saturated rings. The largest absolute Gasteiger partial charge is 0.463 e. The third-order valence-corrected chi connectivity index (χ3v) is 7.43. The molecule has 0 aliphatic carbocycles. The van der Waals surface area contributed by atoms with Gasteiger partial charge in [-0.25, -0.2) is 0 Å². The van der Waals surface area contributed by atoms with E-state index >= 15 is 0 Å². The Balaban J connectivity index is 3.58. The SMILES string of the molecule is CC/C=C\C/C=C\C/C=C\C/C=C\C/C=C\CCCC(=O)OC[C@H](O)COC(=O)CCCCCCC/C=C\CCCCCCCC. The number of aliphatic hydroxyl groups excluding tert-OH is 1.